The molecule has 1 aliphatic carbocycles. The molecule has 4 aromatic rings. The maximum absolute atomic E-state index is 2.26. The van der Waals surface area contributed by atoms with E-state index in [0.717, 1.165) is 0 Å². The molecule has 5 rings (SSSR count). The van der Waals surface area contributed by atoms with Crippen molar-refractivity contribution in [3.8, 4) is 22.3 Å². The number of benzene rings is 4. The maximum Gasteiger partial charge on any atom is -0.00237 e. The first-order valence-electron chi connectivity index (χ1n) is 8.39. The van der Waals surface area contributed by atoms with Crippen LogP contribution in [0.15, 0.2) is 84.9 Å². The minimum atomic E-state index is 1.32. The first-order chi connectivity index (χ1) is 11.8. The number of fused-ring (bicyclic) bond motifs is 3. The van der Waals surface area contributed by atoms with Gasteiger partial charge in [-0.25, -0.2) is 0 Å². The zero-order valence-electron chi connectivity index (χ0n) is 14.1. The lowest BCUT2D eigenvalue weighted by Crippen LogP contribution is -1.79. The molecule has 4 aromatic carbocycles. The highest BCUT2D eigenvalue weighted by molar-refractivity contribution is 6.15. The molecule has 0 heteroatoms. The van der Waals surface area contributed by atoms with E-state index in [-0.39, 0.29) is 0 Å². The van der Waals surface area contributed by atoms with Gasteiger partial charge in [0.25, 0.3) is 0 Å². The van der Waals surface area contributed by atoms with Crippen LogP contribution in [0.2, 0.25) is 0 Å². The van der Waals surface area contributed by atoms with E-state index in [1.54, 1.807) is 0 Å². The Kier molecular flexibility index (Phi) is 3.66. The molecular weight excluding hydrogens is 288 g/mol. The van der Waals surface area contributed by atoms with Crippen LogP contribution in [0.5, 0.6) is 0 Å². The van der Waals surface area contributed by atoms with Crippen LogP contribution < -0.4 is 0 Å². The molecule has 0 fully saturated rings. The normalized spacial score (nSPS) is 10.9. The van der Waals surface area contributed by atoms with Crippen LogP contribution in [0, 0.1) is 13.8 Å². The van der Waals surface area contributed by atoms with Crippen molar-refractivity contribution >= 4 is 10.8 Å². The van der Waals surface area contributed by atoms with E-state index >= 15 is 0 Å². The zero-order valence-corrected chi connectivity index (χ0v) is 14.1. The van der Waals surface area contributed by atoms with Gasteiger partial charge in [0.15, 0.2) is 0 Å². The summed E-state index contributed by atoms with van der Waals surface area (Å²) in [7, 11) is 0. The quantitative estimate of drug-likeness (QED) is 0.295. The Labute approximate surface area is 143 Å². The largest absolute Gasteiger partial charge is 0.0622 e. The minimum absolute atomic E-state index is 1.32. The lowest BCUT2D eigenvalue weighted by molar-refractivity contribution is 1.48. The second-order valence-corrected chi connectivity index (χ2v) is 6.36. The van der Waals surface area contributed by atoms with Gasteiger partial charge in [0.05, 0.1) is 0 Å². The molecule has 0 unspecified atom stereocenters. The topological polar surface area (TPSA) is 0 Å². The van der Waals surface area contributed by atoms with Crippen LogP contribution in [0.3, 0.4) is 0 Å². The van der Waals surface area contributed by atoms with Crippen molar-refractivity contribution in [2.45, 2.75) is 13.8 Å². The van der Waals surface area contributed by atoms with Crippen molar-refractivity contribution in [1.29, 1.82) is 0 Å². The minimum Gasteiger partial charge on any atom is -0.0622 e. The Bertz CT molecular complexity index is 981. The van der Waals surface area contributed by atoms with Gasteiger partial charge in [-0.05, 0) is 52.4 Å². The van der Waals surface area contributed by atoms with Crippen LogP contribution in [-0.4, -0.2) is 0 Å². The van der Waals surface area contributed by atoms with Crippen LogP contribution in [-0.2, 0) is 0 Å². The standard InChI is InChI=1S/C17H12.C7H8/c1-11-9-10-16-14-6-3-2-5-13(14)15-8-4-7-12(11)17(15)16;1-7-5-3-2-4-6-7/h2-10H,1H3;2-6H,1H3. The summed E-state index contributed by atoms with van der Waals surface area (Å²) in [6.45, 7) is 4.27. The molecular formula is C24H20. The van der Waals surface area contributed by atoms with Gasteiger partial charge in [-0.3, -0.25) is 0 Å². The van der Waals surface area contributed by atoms with Gasteiger partial charge in [0.1, 0.15) is 0 Å². The van der Waals surface area contributed by atoms with Crippen molar-refractivity contribution in [2.24, 2.45) is 0 Å². The first kappa shape index (κ1) is 14.7. The van der Waals surface area contributed by atoms with E-state index in [2.05, 4.69) is 80.6 Å². The molecule has 0 heterocycles. The Morgan fingerprint density at radius 1 is 0.458 bits per heavy atom. The monoisotopic (exact) mass is 308 g/mol. The molecule has 0 spiro atoms. The number of hydrogen-bond acceptors (Lipinski definition) is 0. The molecule has 0 aromatic heterocycles. The predicted octanol–water partition coefficient (Wildman–Crippen LogP) is 6.79. The Morgan fingerprint density at radius 3 is 1.67 bits per heavy atom. The van der Waals surface area contributed by atoms with Crippen molar-refractivity contribution < 1.29 is 0 Å². The highest BCUT2D eigenvalue weighted by atomic mass is 14.2. The molecule has 0 saturated carbocycles. The van der Waals surface area contributed by atoms with Crippen molar-refractivity contribution in [1.82, 2.24) is 0 Å². The molecule has 1 aliphatic rings. The lowest BCUT2D eigenvalue weighted by atomic mass is 9.99. The van der Waals surface area contributed by atoms with Gasteiger partial charge in [-0.1, -0.05) is 90.5 Å². The Balaban J connectivity index is 0.000000177. The van der Waals surface area contributed by atoms with E-state index in [1.165, 1.54) is 44.2 Å². The van der Waals surface area contributed by atoms with Crippen LogP contribution in [0.1, 0.15) is 11.1 Å². The Morgan fingerprint density at radius 2 is 1.04 bits per heavy atom. The molecule has 0 saturated heterocycles. The summed E-state index contributed by atoms with van der Waals surface area (Å²) >= 11 is 0. The predicted molar refractivity (Wildman–Crippen MR) is 104 cm³/mol. The van der Waals surface area contributed by atoms with Gasteiger partial charge in [-0.2, -0.15) is 0 Å². The highest BCUT2D eigenvalue weighted by Gasteiger charge is 2.20. The molecule has 0 bridgehead atoms. The second kappa shape index (κ2) is 5.98. The zero-order chi connectivity index (χ0) is 16.5. The molecule has 0 nitrogen and oxygen atoms in total. The van der Waals surface area contributed by atoms with E-state index in [0.29, 0.717) is 0 Å². The number of rotatable bonds is 0. The summed E-state index contributed by atoms with van der Waals surface area (Å²) in [5.41, 5.74) is 8.20. The molecule has 116 valence electrons. The summed E-state index contributed by atoms with van der Waals surface area (Å²) in [5.74, 6) is 0. The number of aryl methyl sites for hydroxylation is 2. The summed E-state index contributed by atoms with van der Waals surface area (Å²) < 4.78 is 0. The van der Waals surface area contributed by atoms with Crippen LogP contribution >= 0.6 is 0 Å². The highest BCUT2D eigenvalue weighted by Crippen LogP contribution is 2.47. The average molecular weight is 308 g/mol. The van der Waals surface area contributed by atoms with Gasteiger partial charge in [0.2, 0.25) is 0 Å². The van der Waals surface area contributed by atoms with Crippen LogP contribution in [0.4, 0.5) is 0 Å². The molecule has 0 N–H and O–H groups in total. The summed E-state index contributed by atoms with van der Waals surface area (Å²) in [5, 5.41) is 2.81. The van der Waals surface area contributed by atoms with E-state index < -0.39 is 0 Å². The molecule has 0 atom stereocenters. The van der Waals surface area contributed by atoms with Crippen LogP contribution in [0.25, 0.3) is 33.0 Å². The summed E-state index contributed by atoms with van der Waals surface area (Å²) in [6, 6.07) is 30.1. The number of hydrogen-bond donors (Lipinski definition) is 0. The molecule has 0 amide bonds. The lowest BCUT2D eigenvalue weighted by Gasteiger charge is -2.04. The van der Waals surface area contributed by atoms with Crippen molar-refractivity contribution in [2.75, 3.05) is 0 Å². The third kappa shape index (κ3) is 2.41. The average Bonchev–Trinajstić information content (AvgIpc) is 2.95. The van der Waals surface area contributed by atoms with Gasteiger partial charge >= 0.3 is 0 Å². The SMILES string of the molecule is Cc1ccc2c3c(cccc13)-c1ccccc1-2.Cc1ccccc1. The maximum atomic E-state index is 2.26. The first-order valence-corrected chi connectivity index (χ1v) is 8.39. The summed E-state index contributed by atoms with van der Waals surface area (Å²) in [4.78, 5) is 0. The Hall–Kier alpha value is -2.86. The third-order valence-electron chi connectivity index (χ3n) is 4.71. The third-order valence-corrected chi connectivity index (χ3v) is 4.71. The van der Waals surface area contributed by atoms with Gasteiger partial charge < -0.3 is 0 Å². The fourth-order valence-corrected chi connectivity index (χ4v) is 3.49. The molecule has 0 radical (unpaired) electrons. The fourth-order valence-electron chi connectivity index (χ4n) is 3.49. The van der Waals surface area contributed by atoms with E-state index in [4.69, 9.17) is 0 Å². The van der Waals surface area contributed by atoms with E-state index in [9.17, 15) is 0 Å². The van der Waals surface area contributed by atoms with Gasteiger partial charge in [0, 0.05) is 0 Å². The van der Waals surface area contributed by atoms with Crippen molar-refractivity contribution in [3.63, 3.8) is 0 Å². The molecule has 24 heavy (non-hydrogen) atoms. The molecule has 0 aliphatic heterocycles. The summed E-state index contributed by atoms with van der Waals surface area (Å²) in [6.07, 6.45) is 0. The fraction of sp³-hybridized carbons (Fsp3) is 0.0833. The smallest absolute Gasteiger partial charge is 0.00237 e. The second-order valence-electron chi connectivity index (χ2n) is 6.36. The van der Waals surface area contributed by atoms with Gasteiger partial charge in [-0.15, -0.1) is 0 Å². The van der Waals surface area contributed by atoms with Crippen molar-refractivity contribution in [3.05, 3.63) is 96.1 Å². The van der Waals surface area contributed by atoms with E-state index in [1.807, 2.05) is 18.2 Å².